The summed E-state index contributed by atoms with van der Waals surface area (Å²) >= 11 is 11.4. The van der Waals surface area contributed by atoms with Crippen LogP contribution in [0.5, 0.6) is 0 Å². The number of anilines is 1. The van der Waals surface area contributed by atoms with E-state index in [0.717, 1.165) is 5.69 Å². The molecule has 0 aliphatic carbocycles. The third-order valence-electron chi connectivity index (χ3n) is 3.17. The second kappa shape index (κ2) is 6.95. The number of benzene rings is 1. The van der Waals surface area contributed by atoms with Gasteiger partial charge in [-0.3, -0.25) is 9.59 Å². The molecule has 0 bridgehead atoms. The van der Waals surface area contributed by atoms with Crippen molar-refractivity contribution >= 4 is 40.7 Å². The Bertz CT molecular complexity index is 490. The Morgan fingerprint density at radius 3 is 2.70 bits per heavy atom. The molecule has 0 saturated carbocycles. The number of carbonyl (C=O) groups is 2. The maximum atomic E-state index is 12.0. The Balaban J connectivity index is 1.93. The zero-order valence-corrected chi connectivity index (χ0v) is 12.5. The summed E-state index contributed by atoms with van der Waals surface area (Å²) in [5.41, 5.74) is 0.803. The Morgan fingerprint density at radius 2 is 2.05 bits per heavy atom. The predicted octanol–water partition coefficient (Wildman–Crippen LogP) is 2.58. The minimum atomic E-state index is -0.138. The van der Waals surface area contributed by atoms with Crippen LogP contribution >= 0.6 is 23.2 Å². The lowest BCUT2D eigenvalue weighted by Gasteiger charge is -2.17. The fourth-order valence-corrected chi connectivity index (χ4v) is 2.46. The lowest BCUT2D eigenvalue weighted by molar-refractivity contribution is -0.121. The van der Waals surface area contributed by atoms with Gasteiger partial charge in [0.1, 0.15) is 0 Å². The van der Waals surface area contributed by atoms with Gasteiger partial charge in [0.2, 0.25) is 11.8 Å². The minimum absolute atomic E-state index is 0.00923. The van der Waals surface area contributed by atoms with Crippen molar-refractivity contribution in [3.8, 4) is 0 Å². The van der Waals surface area contributed by atoms with Crippen LogP contribution in [0.2, 0.25) is 5.02 Å². The van der Waals surface area contributed by atoms with Gasteiger partial charge in [-0.25, -0.2) is 0 Å². The van der Waals surface area contributed by atoms with Gasteiger partial charge in [-0.2, -0.15) is 0 Å². The molecule has 1 saturated heterocycles. The van der Waals surface area contributed by atoms with Crippen LogP contribution < -0.4 is 10.2 Å². The molecule has 1 aliphatic rings. The van der Waals surface area contributed by atoms with Gasteiger partial charge in [-0.05, 0) is 30.7 Å². The molecule has 1 heterocycles. The first-order valence-corrected chi connectivity index (χ1v) is 7.42. The number of rotatable bonds is 5. The lowest BCUT2D eigenvalue weighted by atomic mass is 10.2. The summed E-state index contributed by atoms with van der Waals surface area (Å²) in [7, 11) is 0. The van der Waals surface area contributed by atoms with Crippen LogP contribution in [0.4, 0.5) is 5.69 Å². The fourth-order valence-electron chi connectivity index (χ4n) is 2.20. The molecule has 2 amide bonds. The highest BCUT2D eigenvalue weighted by Crippen LogP contribution is 2.23. The lowest BCUT2D eigenvalue weighted by Crippen LogP contribution is -2.37. The van der Waals surface area contributed by atoms with Gasteiger partial charge in [-0.1, -0.05) is 11.6 Å². The summed E-state index contributed by atoms with van der Waals surface area (Å²) in [6.07, 6.45) is 1.37. The molecular weight excluding hydrogens is 299 g/mol. The van der Waals surface area contributed by atoms with E-state index in [-0.39, 0.29) is 17.9 Å². The average Bonchev–Trinajstić information content (AvgIpc) is 2.78. The Kier molecular flexibility index (Phi) is 5.26. The van der Waals surface area contributed by atoms with E-state index in [2.05, 4.69) is 5.32 Å². The molecule has 1 unspecified atom stereocenters. The van der Waals surface area contributed by atoms with E-state index in [1.165, 1.54) is 0 Å². The second-order valence-corrected chi connectivity index (χ2v) is 5.56. The smallest absolute Gasteiger partial charge is 0.229 e. The first-order chi connectivity index (χ1) is 9.60. The maximum absolute atomic E-state index is 12.0. The van der Waals surface area contributed by atoms with Crippen LogP contribution in [-0.4, -0.2) is 30.3 Å². The Hall–Kier alpha value is -1.26. The van der Waals surface area contributed by atoms with Crippen molar-refractivity contribution in [2.75, 3.05) is 17.3 Å². The molecular formula is C14H16Cl2N2O2. The maximum Gasteiger partial charge on any atom is 0.229 e. The quantitative estimate of drug-likeness (QED) is 0.849. The molecule has 1 aromatic rings. The first kappa shape index (κ1) is 15.1. The van der Waals surface area contributed by atoms with E-state index < -0.39 is 0 Å². The van der Waals surface area contributed by atoms with Crippen LogP contribution in [0, 0.1) is 0 Å². The Labute approximate surface area is 128 Å². The van der Waals surface area contributed by atoms with E-state index in [0.29, 0.717) is 36.7 Å². The molecule has 0 radical (unpaired) electrons. The van der Waals surface area contributed by atoms with Crippen LogP contribution in [0.3, 0.4) is 0 Å². The number of nitrogens with one attached hydrogen (secondary N) is 1. The van der Waals surface area contributed by atoms with Crippen molar-refractivity contribution in [3.63, 3.8) is 0 Å². The second-order valence-electron chi connectivity index (χ2n) is 4.74. The van der Waals surface area contributed by atoms with Gasteiger partial charge in [0, 0.05) is 36.0 Å². The van der Waals surface area contributed by atoms with E-state index in [1.807, 2.05) is 0 Å². The first-order valence-electron chi connectivity index (χ1n) is 6.51. The highest BCUT2D eigenvalue weighted by atomic mass is 35.5. The van der Waals surface area contributed by atoms with Crippen LogP contribution in [0.1, 0.15) is 19.3 Å². The Morgan fingerprint density at radius 1 is 1.35 bits per heavy atom. The fraction of sp³-hybridized carbons (Fsp3) is 0.429. The van der Waals surface area contributed by atoms with Crippen LogP contribution in [0.25, 0.3) is 0 Å². The predicted molar refractivity (Wildman–Crippen MR) is 80.3 cm³/mol. The molecule has 20 heavy (non-hydrogen) atoms. The molecule has 6 heteroatoms. The highest BCUT2D eigenvalue weighted by Gasteiger charge is 2.31. The minimum Gasteiger partial charge on any atom is -0.351 e. The van der Waals surface area contributed by atoms with Gasteiger partial charge in [0.05, 0.1) is 6.04 Å². The number of amides is 2. The number of nitrogens with zero attached hydrogens (tertiary/aromatic N) is 1. The third kappa shape index (κ3) is 3.87. The van der Waals surface area contributed by atoms with Crippen molar-refractivity contribution in [3.05, 3.63) is 29.3 Å². The van der Waals surface area contributed by atoms with Crippen molar-refractivity contribution in [2.24, 2.45) is 0 Å². The highest BCUT2D eigenvalue weighted by molar-refractivity contribution is 6.30. The van der Waals surface area contributed by atoms with Crippen molar-refractivity contribution in [1.29, 1.82) is 0 Å². The molecule has 2 rings (SSSR count). The molecule has 1 atom stereocenters. The normalized spacial score (nSPS) is 18.4. The summed E-state index contributed by atoms with van der Waals surface area (Å²) in [6, 6.07) is 6.96. The van der Waals surface area contributed by atoms with E-state index in [9.17, 15) is 9.59 Å². The molecule has 1 aliphatic heterocycles. The van der Waals surface area contributed by atoms with Crippen molar-refractivity contribution in [1.82, 2.24) is 5.32 Å². The summed E-state index contributed by atoms with van der Waals surface area (Å²) in [5.74, 6) is 0.421. The molecule has 0 aromatic heterocycles. The van der Waals surface area contributed by atoms with Crippen LogP contribution in [0.15, 0.2) is 24.3 Å². The standard InChI is InChI=1S/C14H16Cl2N2O2/c15-7-1-2-13(19)17-11-8-14(20)18(9-11)12-5-3-10(16)4-6-12/h3-6,11H,1-2,7-9H2,(H,17,19). The molecule has 4 nitrogen and oxygen atoms in total. The number of carbonyl (C=O) groups excluding carboxylic acids is 2. The molecule has 108 valence electrons. The van der Waals surface area contributed by atoms with Gasteiger partial charge in [-0.15, -0.1) is 11.6 Å². The molecule has 0 spiro atoms. The van der Waals surface area contributed by atoms with Gasteiger partial charge >= 0.3 is 0 Å². The largest absolute Gasteiger partial charge is 0.351 e. The topological polar surface area (TPSA) is 49.4 Å². The summed E-state index contributed by atoms with van der Waals surface area (Å²) in [5, 5.41) is 3.50. The van der Waals surface area contributed by atoms with E-state index in [1.54, 1.807) is 29.2 Å². The van der Waals surface area contributed by atoms with E-state index in [4.69, 9.17) is 23.2 Å². The number of alkyl halides is 1. The third-order valence-corrected chi connectivity index (χ3v) is 3.69. The zero-order chi connectivity index (χ0) is 14.5. The molecule has 1 fully saturated rings. The van der Waals surface area contributed by atoms with Gasteiger partial charge < -0.3 is 10.2 Å². The summed E-state index contributed by atoms with van der Waals surface area (Å²) in [4.78, 5) is 25.3. The summed E-state index contributed by atoms with van der Waals surface area (Å²) < 4.78 is 0. The van der Waals surface area contributed by atoms with Gasteiger partial charge in [0.25, 0.3) is 0 Å². The van der Waals surface area contributed by atoms with Crippen LogP contribution in [-0.2, 0) is 9.59 Å². The van der Waals surface area contributed by atoms with Gasteiger partial charge in [0.15, 0.2) is 0 Å². The van der Waals surface area contributed by atoms with Crippen molar-refractivity contribution < 1.29 is 9.59 Å². The average molecular weight is 315 g/mol. The molecule has 1 aromatic carbocycles. The van der Waals surface area contributed by atoms with E-state index >= 15 is 0 Å². The summed E-state index contributed by atoms with van der Waals surface area (Å²) in [6.45, 7) is 0.493. The zero-order valence-electron chi connectivity index (χ0n) is 10.9. The SMILES string of the molecule is O=C(CCCCl)NC1CC(=O)N(c2ccc(Cl)cc2)C1. The molecule has 1 N–H and O–H groups in total. The number of hydrogen-bond donors (Lipinski definition) is 1. The van der Waals surface area contributed by atoms with Crippen molar-refractivity contribution in [2.45, 2.75) is 25.3 Å². The monoisotopic (exact) mass is 314 g/mol. The number of halogens is 2. The number of hydrogen-bond acceptors (Lipinski definition) is 2.